The van der Waals surface area contributed by atoms with E-state index in [1.54, 1.807) is 0 Å². The van der Waals surface area contributed by atoms with Crippen LogP contribution in [0.15, 0.2) is 0 Å². The summed E-state index contributed by atoms with van der Waals surface area (Å²) in [5.74, 6) is -1.23. The first kappa shape index (κ1) is 11.3. The second-order valence-corrected chi connectivity index (χ2v) is 4.45. The van der Waals surface area contributed by atoms with Gasteiger partial charge in [0.1, 0.15) is 11.6 Å². The smallest absolute Gasteiger partial charge is 0.326 e. The van der Waals surface area contributed by atoms with Gasteiger partial charge in [-0.15, -0.1) is 0 Å². The van der Waals surface area contributed by atoms with Gasteiger partial charge in [-0.25, -0.2) is 4.79 Å². The van der Waals surface area contributed by atoms with Crippen molar-refractivity contribution in [2.45, 2.75) is 30.8 Å². The minimum Gasteiger partial charge on any atom is -0.480 e. The number of carboxylic acid groups (broad SMARTS) is 1. The Hall–Kier alpha value is -1.14. The van der Waals surface area contributed by atoms with Crippen LogP contribution in [0.5, 0.6) is 0 Å². The molecule has 0 aromatic carbocycles. The van der Waals surface area contributed by atoms with Crippen LogP contribution in [0.1, 0.15) is 19.3 Å². The van der Waals surface area contributed by atoms with Crippen molar-refractivity contribution < 1.29 is 19.4 Å². The van der Waals surface area contributed by atoms with Crippen molar-refractivity contribution in [2.24, 2.45) is 5.73 Å². The number of aliphatic carboxylic acids is 1. The molecule has 2 aliphatic rings. The van der Waals surface area contributed by atoms with Crippen molar-refractivity contribution in [1.82, 2.24) is 4.90 Å². The third-order valence-corrected chi connectivity index (χ3v) is 3.28. The molecule has 90 valence electrons. The maximum atomic E-state index is 12.1. The highest BCUT2D eigenvalue weighted by Gasteiger charge is 2.45. The molecule has 0 aromatic rings. The Labute approximate surface area is 93.3 Å². The first-order valence-corrected chi connectivity index (χ1v) is 5.45. The molecule has 0 aliphatic carbocycles. The van der Waals surface area contributed by atoms with E-state index in [1.807, 2.05) is 0 Å². The summed E-state index contributed by atoms with van der Waals surface area (Å²) < 4.78 is 5.12. The maximum Gasteiger partial charge on any atom is 0.326 e. The monoisotopic (exact) mass is 228 g/mol. The van der Waals surface area contributed by atoms with Gasteiger partial charge >= 0.3 is 5.97 Å². The average molecular weight is 228 g/mol. The Morgan fingerprint density at radius 2 is 2.25 bits per heavy atom. The predicted molar refractivity (Wildman–Crippen MR) is 54.7 cm³/mol. The Kier molecular flexibility index (Phi) is 2.86. The Bertz CT molecular complexity index is 312. The summed E-state index contributed by atoms with van der Waals surface area (Å²) in [5, 5.41) is 8.99. The molecule has 2 fully saturated rings. The van der Waals surface area contributed by atoms with Crippen molar-refractivity contribution in [1.29, 1.82) is 0 Å². The zero-order chi connectivity index (χ0) is 11.8. The van der Waals surface area contributed by atoms with Crippen LogP contribution >= 0.6 is 0 Å². The van der Waals surface area contributed by atoms with Crippen LogP contribution in [0.25, 0.3) is 0 Å². The predicted octanol–water partition coefficient (Wildman–Crippen LogP) is -0.820. The van der Waals surface area contributed by atoms with E-state index in [0.29, 0.717) is 26.0 Å². The zero-order valence-electron chi connectivity index (χ0n) is 9.02. The lowest BCUT2D eigenvalue weighted by atomic mass is 9.98. The van der Waals surface area contributed by atoms with Gasteiger partial charge in [-0.1, -0.05) is 0 Å². The number of ether oxygens (including phenoxy) is 1. The standard InChI is InChI=1S/C10H16N2O4/c11-10(3-5-16-6-10)9(15)12-4-1-2-7(12)8(13)14/h7H,1-6,11H2,(H,13,14). The highest BCUT2D eigenvalue weighted by atomic mass is 16.5. The van der Waals surface area contributed by atoms with Gasteiger partial charge in [-0.2, -0.15) is 0 Å². The second-order valence-electron chi connectivity index (χ2n) is 4.45. The van der Waals surface area contributed by atoms with E-state index in [-0.39, 0.29) is 12.5 Å². The third-order valence-electron chi connectivity index (χ3n) is 3.28. The molecule has 0 spiro atoms. The molecule has 2 rings (SSSR count). The van der Waals surface area contributed by atoms with Crippen molar-refractivity contribution >= 4 is 11.9 Å². The van der Waals surface area contributed by atoms with Gasteiger partial charge in [0.05, 0.1) is 6.61 Å². The summed E-state index contributed by atoms with van der Waals surface area (Å²) in [4.78, 5) is 24.5. The molecule has 6 heteroatoms. The second kappa shape index (κ2) is 4.03. The number of carbonyl (C=O) groups excluding carboxylic acids is 1. The van der Waals surface area contributed by atoms with Crippen LogP contribution in [0.3, 0.4) is 0 Å². The normalized spacial score (nSPS) is 34.3. The molecule has 16 heavy (non-hydrogen) atoms. The van der Waals surface area contributed by atoms with Crippen LogP contribution in [0, 0.1) is 0 Å². The lowest BCUT2D eigenvalue weighted by Crippen LogP contribution is -2.58. The Morgan fingerprint density at radius 1 is 1.50 bits per heavy atom. The number of amides is 1. The Balaban J connectivity index is 2.12. The number of carboxylic acids is 1. The highest BCUT2D eigenvalue weighted by molar-refractivity contribution is 5.90. The lowest BCUT2D eigenvalue weighted by molar-refractivity contribution is -0.150. The molecule has 0 bridgehead atoms. The number of rotatable bonds is 2. The quantitative estimate of drug-likeness (QED) is 0.644. The van der Waals surface area contributed by atoms with Crippen molar-refractivity contribution in [3.63, 3.8) is 0 Å². The number of nitrogens with two attached hydrogens (primary N) is 1. The van der Waals surface area contributed by atoms with Gasteiger partial charge in [-0.05, 0) is 19.3 Å². The first-order chi connectivity index (χ1) is 7.54. The Morgan fingerprint density at radius 3 is 2.81 bits per heavy atom. The summed E-state index contributed by atoms with van der Waals surface area (Å²) in [6.07, 6.45) is 1.70. The highest BCUT2D eigenvalue weighted by Crippen LogP contribution is 2.25. The molecule has 2 unspecified atom stereocenters. The fourth-order valence-corrected chi connectivity index (χ4v) is 2.30. The summed E-state index contributed by atoms with van der Waals surface area (Å²) >= 11 is 0. The van der Waals surface area contributed by atoms with Crippen LogP contribution in [-0.4, -0.2) is 53.2 Å². The van der Waals surface area contributed by atoms with Crippen LogP contribution in [-0.2, 0) is 14.3 Å². The van der Waals surface area contributed by atoms with Gasteiger partial charge in [0.15, 0.2) is 0 Å². The fraction of sp³-hybridized carbons (Fsp3) is 0.800. The molecular weight excluding hydrogens is 212 g/mol. The molecular formula is C10H16N2O4. The largest absolute Gasteiger partial charge is 0.480 e. The molecule has 2 heterocycles. The first-order valence-electron chi connectivity index (χ1n) is 5.45. The van der Waals surface area contributed by atoms with E-state index in [0.717, 1.165) is 6.42 Å². The number of carbonyl (C=O) groups is 2. The zero-order valence-corrected chi connectivity index (χ0v) is 9.02. The number of nitrogens with zero attached hydrogens (tertiary/aromatic N) is 1. The summed E-state index contributed by atoms with van der Waals surface area (Å²) in [6, 6.07) is -0.714. The fourth-order valence-electron chi connectivity index (χ4n) is 2.30. The summed E-state index contributed by atoms with van der Waals surface area (Å²) in [7, 11) is 0. The minimum absolute atomic E-state index is 0.189. The van der Waals surface area contributed by atoms with Gasteiger partial charge in [-0.3, -0.25) is 4.79 Å². The van der Waals surface area contributed by atoms with Crippen LogP contribution in [0.4, 0.5) is 0 Å². The maximum absolute atomic E-state index is 12.1. The molecule has 2 aliphatic heterocycles. The number of likely N-dealkylation sites (tertiary alicyclic amines) is 1. The molecule has 0 aromatic heterocycles. The van der Waals surface area contributed by atoms with Crippen molar-refractivity contribution in [2.75, 3.05) is 19.8 Å². The van der Waals surface area contributed by atoms with E-state index < -0.39 is 17.6 Å². The molecule has 1 amide bonds. The van der Waals surface area contributed by atoms with Gasteiger partial charge in [0.2, 0.25) is 5.91 Å². The van der Waals surface area contributed by atoms with E-state index in [4.69, 9.17) is 15.6 Å². The minimum atomic E-state index is -1.02. The van der Waals surface area contributed by atoms with Gasteiger partial charge in [0, 0.05) is 13.2 Å². The van der Waals surface area contributed by atoms with E-state index in [9.17, 15) is 9.59 Å². The SMILES string of the molecule is NC1(C(=O)N2CCCC2C(=O)O)CCOC1. The molecule has 3 N–H and O–H groups in total. The third kappa shape index (κ3) is 1.78. The van der Waals surface area contributed by atoms with Gasteiger partial charge in [0.25, 0.3) is 0 Å². The topological polar surface area (TPSA) is 92.9 Å². The van der Waals surface area contributed by atoms with Crippen molar-refractivity contribution in [3.8, 4) is 0 Å². The average Bonchev–Trinajstić information content (AvgIpc) is 2.85. The lowest BCUT2D eigenvalue weighted by Gasteiger charge is -2.29. The van der Waals surface area contributed by atoms with Crippen molar-refractivity contribution in [3.05, 3.63) is 0 Å². The van der Waals surface area contributed by atoms with Crippen LogP contribution < -0.4 is 5.73 Å². The van der Waals surface area contributed by atoms with E-state index in [1.165, 1.54) is 4.90 Å². The molecule has 0 radical (unpaired) electrons. The molecule has 2 saturated heterocycles. The molecule has 0 saturated carbocycles. The van der Waals surface area contributed by atoms with Crippen LogP contribution in [0.2, 0.25) is 0 Å². The summed E-state index contributed by atoms with van der Waals surface area (Å²) in [6.45, 7) is 1.14. The molecule has 6 nitrogen and oxygen atoms in total. The van der Waals surface area contributed by atoms with Gasteiger partial charge < -0.3 is 20.5 Å². The van der Waals surface area contributed by atoms with E-state index >= 15 is 0 Å². The molecule has 2 atom stereocenters. The van der Waals surface area contributed by atoms with E-state index in [2.05, 4.69) is 0 Å². The summed E-state index contributed by atoms with van der Waals surface area (Å²) in [5.41, 5.74) is 4.92. The number of hydrogen-bond acceptors (Lipinski definition) is 4. The number of hydrogen-bond donors (Lipinski definition) is 2.